The minimum absolute atomic E-state index is 0.0149. The summed E-state index contributed by atoms with van der Waals surface area (Å²) in [6, 6.07) is 12.6. The number of aliphatic imine (C=N–C) groups is 2. The van der Waals surface area contributed by atoms with Crippen molar-refractivity contribution in [3.05, 3.63) is 82.9 Å². The zero-order chi connectivity index (χ0) is 61.9. The van der Waals surface area contributed by atoms with Gasteiger partial charge in [0, 0.05) is 82.9 Å². The Morgan fingerprint density at radius 3 is 1.63 bits per heavy atom. The molecule has 2 aliphatic rings. The number of hydrogen-bond acceptors (Lipinski definition) is 18. The fraction of sp³-hybridized carbons (Fsp3) is 0.593. The van der Waals surface area contributed by atoms with E-state index in [2.05, 4.69) is 28.9 Å². The van der Waals surface area contributed by atoms with Crippen molar-refractivity contribution in [2.45, 2.75) is 44.4 Å². The summed E-state index contributed by atoms with van der Waals surface area (Å²) in [6.45, 7) is 14.1. The maximum atomic E-state index is 13.8. The number of carbonyl (C=O) groups is 2. The summed E-state index contributed by atoms with van der Waals surface area (Å²) in [5, 5.41) is 3.30. The third kappa shape index (κ3) is 25.2. The number of nitrogens with two attached hydrogens (primary N) is 1. The molecule has 0 bridgehead atoms. The number of halogens is 4. The summed E-state index contributed by atoms with van der Waals surface area (Å²) >= 11 is 0. The molecule has 22 nitrogen and oxygen atoms in total. The van der Waals surface area contributed by atoms with Crippen LogP contribution in [0.25, 0.3) is 17.2 Å². The molecule has 0 radical (unpaired) electrons. The van der Waals surface area contributed by atoms with Gasteiger partial charge < -0.3 is 73.0 Å². The maximum Gasteiger partial charge on any atom is 0.313 e. The summed E-state index contributed by atoms with van der Waals surface area (Å²) in [4.78, 5) is 38.5. The Balaban J connectivity index is 0.781. The first-order chi connectivity index (χ1) is 41.6. The number of fused-ring (bicyclic) bond motifs is 1. The quantitative estimate of drug-likeness (QED) is 0.0133. The molecule has 1 saturated heterocycles. The first-order valence-electron chi connectivity index (χ1n) is 29.0. The number of sulfonamides is 1. The number of amides is 1. The lowest BCUT2D eigenvalue weighted by Gasteiger charge is -2.37. The van der Waals surface area contributed by atoms with Gasteiger partial charge in [-0.05, 0) is 48.2 Å². The monoisotopic (exact) mass is 1240 g/mol. The van der Waals surface area contributed by atoms with Gasteiger partial charge in [0.1, 0.15) is 5.84 Å². The van der Waals surface area contributed by atoms with Gasteiger partial charge in [-0.3, -0.25) is 14.6 Å². The van der Waals surface area contributed by atoms with Gasteiger partial charge in [0.2, 0.25) is 33.3 Å². The van der Waals surface area contributed by atoms with Crippen molar-refractivity contribution in [1.82, 2.24) is 19.4 Å². The Bertz CT molecular complexity index is 2710. The van der Waals surface area contributed by atoms with E-state index in [0.717, 1.165) is 29.5 Å². The van der Waals surface area contributed by atoms with Crippen molar-refractivity contribution in [2.24, 2.45) is 21.6 Å². The third-order valence-corrected chi connectivity index (χ3v) is 14.6. The van der Waals surface area contributed by atoms with Gasteiger partial charge in [-0.2, -0.15) is 13.1 Å². The van der Waals surface area contributed by atoms with Crippen LogP contribution < -0.4 is 15.8 Å². The van der Waals surface area contributed by atoms with E-state index in [1.807, 2.05) is 54.2 Å². The van der Waals surface area contributed by atoms with Crippen molar-refractivity contribution < 1.29 is 87.7 Å². The number of nitrogens with zero attached hydrogens (tertiary/aromatic N) is 5. The lowest BCUT2D eigenvalue weighted by atomic mass is 10.0. The molecule has 27 heteroatoms. The van der Waals surface area contributed by atoms with Gasteiger partial charge >= 0.3 is 5.97 Å². The Labute approximate surface area is 502 Å². The predicted octanol–water partition coefficient (Wildman–Crippen LogP) is 5.62. The van der Waals surface area contributed by atoms with Crippen molar-refractivity contribution in [3.8, 4) is 16.9 Å². The number of carbonyl (C=O) groups excluding carboxylic acids is 2. The lowest BCUT2D eigenvalue weighted by molar-refractivity contribution is -0.136. The van der Waals surface area contributed by atoms with E-state index in [0.29, 0.717) is 168 Å². The molecule has 0 spiro atoms. The van der Waals surface area contributed by atoms with Gasteiger partial charge in [-0.15, -0.1) is 0 Å². The normalized spacial score (nSPS) is 13.9. The van der Waals surface area contributed by atoms with E-state index >= 15 is 0 Å². The molecule has 1 fully saturated rings. The van der Waals surface area contributed by atoms with Crippen LogP contribution in [0.15, 0.2) is 69.0 Å². The van der Waals surface area contributed by atoms with Gasteiger partial charge in [0.05, 0.1) is 149 Å². The molecule has 86 heavy (non-hydrogen) atoms. The fourth-order valence-corrected chi connectivity index (χ4v) is 10.1. The summed E-state index contributed by atoms with van der Waals surface area (Å²) in [5.41, 5.74) is 9.84. The molecular formula is C59H85F4N7O15S. The van der Waals surface area contributed by atoms with Crippen LogP contribution in [0.5, 0.6) is 5.75 Å². The predicted molar refractivity (Wildman–Crippen MR) is 314 cm³/mol. The molecule has 2 heterocycles. The molecule has 3 N–H and O–H groups in total. The Morgan fingerprint density at radius 1 is 0.663 bits per heavy atom. The second-order valence-electron chi connectivity index (χ2n) is 19.9. The van der Waals surface area contributed by atoms with Crippen LogP contribution in [0.3, 0.4) is 0 Å². The summed E-state index contributed by atoms with van der Waals surface area (Å²) in [6.07, 6.45) is 3.44. The zero-order valence-corrected chi connectivity index (χ0v) is 50.7. The first-order valence-corrected chi connectivity index (χ1v) is 30.4. The van der Waals surface area contributed by atoms with Crippen molar-refractivity contribution in [1.29, 1.82) is 0 Å². The highest BCUT2D eigenvalue weighted by Gasteiger charge is 2.37. The smallest absolute Gasteiger partial charge is 0.313 e. The largest absolute Gasteiger partial charge is 0.420 e. The Kier molecular flexibility index (Phi) is 33.0. The molecule has 0 unspecified atom stereocenters. The zero-order valence-electron chi connectivity index (χ0n) is 49.8. The van der Waals surface area contributed by atoms with Gasteiger partial charge in [-0.1, -0.05) is 38.1 Å². The van der Waals surface area contributed by atoms with Crippen LogP contribution >= 0.6 is 0 Å². The van der Waals surface area contributed by atoms with Gasteiger partial charge in [-0.25, -0.2) is 22.2 Å². The number of amidine groups is 1. The third-order valence-electron chi connectivity index (χ3n) is 12.8. The highest BCUT2D eigenvalue weighted by Crippen LogP contribution is 2.34. The Hall–Kier alpha value is -5.69. The molecule has 5 rings (SSSR count). The minimum atomic E-state index is -3.75. The van der Waals surface area contributed by atoms with Crippen LogP contribution in [-0.2, 0) is 67.0 Å². The molecule has 0 saturated carbocycles. The average Bonchev–Trinajstić information content (AvgIpc) is 1.12. The summed E-state index contributed by atoms with van der Waals surface area (Å²) in [7, 11) is 0.0369. The topological polar surface area (TPSA) is 242 Å². The number of guanidine groups is 1. The average molecular weight is 1240 g/mol. The molecule has 0 atom stereocenters. The van der Waals surface area contributed by atoms with E-state index in [1.54, 1.807) is 18.2 Å². The molecule has 0 aliphatic carbocycles. The highest BCUT2D eigenvalue weighted by atomic mass is 32.2. The molecule has 3 aromatic carbocycles. The standard InChI is InChI=1S/C59H85F4N7O15S/c1-5-14-69(15-6-2)58(72)48-36-47-11-10-46(38-52(47)67-53(64)39-48)45-8-7-9-49(37-45)86(73,74)70-42-44(43-70)41-66-59(68(3)4)65-13-17-76-19-21-78-23-25-80-27-29-82-31-33-84-35-34-83-32-30-81-28-26-79-24-22-77-20-18-75-16-12-54(71)85-57-55(62)50(60)40-51(61)56(57)63/h7-11,36-38,40,44H,5-6,12-35,39,41-43H2,1-4H3,(H2,64,67)(H,65,66). The van der Waals surface area contributed by atoms with Crippen LogP contribution in [0, 0.1) is 29.2 Å². The van der Waals surface area contributed by atoms with Gasteiger partial charge in [0.25, 0.3) is 0 Å². The number of rotatable bonds is 44. The molecular weight excluding hydrogens is 1150 g/mol. The summed E-state index contributed by atoms with van der Waals surface area (Å²) < 4.78 is 142. The van der Waals surface area contributed by atoms with Crippen molar-refractivity contribution in [3.63, 3.8) is 0 Å². The number of benzene rings is 3. The molecule has 1 amide bonds. The van der Waals surface area contributed by atoms with E-state index in [9.17, 15) is 35.6 Å². The molecule has 480 valence electrons. The van der Waals surface area contributed by atoms with E-state index in [4.69, 9.17) is 58.1 Å². The lowest BCUT2D eigenvalue weighted by Crippen LogP contribution is -2.51. The second-order valence-corrected chi connectivity index (χ2v) is 21.8. The fourth-order valence-electron chi connectivity index (χ4n) is 8.43. The van der Waals surface area contributed by atoms with Crippen LogP contribution in [-0.4, -0.2) is 232 Å². The number of hydrogen-bond donors (Lipinski definition) is 2. The van der Waals surface area contributed by atoms with E-state index < -0.39 is 51.4 Å². The van der Waals surface area contributed by atoms with E-state index in [1.165, 1.54) is 4.31 Å². The Morgan fingerprint density at radius 2 is 1.14 bits per heavy atom. The van der Waals surface area contributed by atoms with Crippen molar-refractivity contribution >= 4 is 45.5 Å². The maximum absolute atomic E-state index is 13.8. The second kappa shape index (κ2) is 40.0. The van der Waals surface area contributed by atoms with E-state index in [-0.39, 0.29) is 55.6 Å². The molecule has 2 aliphatic heterocycles. The van der Waals surface area contributed by atoms with Crippen molar-refractivity contribution in [2.75, 3.05) is 186 Å². The summed E-state index contributed by atoms with van der Waals surface area (Å²) in [5.74, 6) is -8.47. The minimum Gasteiger partial charge on any atom is -0.420 e. The van der Waals surface area contributed by atoms with Gasteiger partial charge in [0.15, 0.2) is 17.6 Å². The molecule has 3 aromatic rings. The van der Waals surface area contributed by atoms with Crippen LogP contribution in [0.4, 0.5) is 23.2 Å². The first kappa shape index (κ1) is 71.1. The van der Waals surface area contributed by atoms with Crippen LogP contribution in [0.2, 0.25) is 0 Å². The van der Waals surface area contributed by atoms with Crippen LogP contribution in [0.1, 0.15) is 45.1 Å². The molecule has 0 aromatic heterocycles. The number of esters is 1. The number of nitrogens with one attached hydrogen (secondary N) is 1. The number of ether oxygens (including phenoxy) is 11. The highest BCUT2D eigenvalue weighted by molar-refractivity contribution is 7.89. The SMILES string of the molecule is CCCN(CCC)C(=O)C1=Cc2ccc(-c3cccc(S(=O)(=O)N4CC(C/N=C(\NCCOCCOCCOCCOCCOCCOCCOCCOCCOCCOCCC(=O)Oc5c(F)c(F)cc(F)c5F)N(C)C)C4)c3)cc2N=C(N)C1.